The van der Waals surface area contributed by atoms with Crippen LogP contribution in [0.4, 0.5) is 0 Å². The van der Waals surface area contributed by atoms with Gasteiger partial charge in [-0.3, -0.25) is 20.4 Å². The van der Waals surface area contributed by atoms with Crippen molar-refractivity contribution in [2.75, 3.05) is 6.61 Å². The fourth-order valence-corrected chi connectivity index (χ4v) is 2.82. The van der Waals surface area contributed by atoms with Gasteiger partial charge in [-0.1, -0.05) is 32.3 Å². The molecule has 0 spiro atoms. The summed E-state index contributed by atoms with van der Waals surface area (Å²) < 4.78 is 5.64. The fourth-order valence-electron chi connectivity index (χ4n) is 2.20. The van der Waals surface area contributed by atoms with Crippen molar-refractivity contribution in [3.63, 3.8) is 0 Å². The maximum atomic E-state index is 12.0. The average molecular weight is 372 g/mol. The minimum atomic E-state index is -0.390. The molecular formula is C20H24N2O3S. The Morgan fingerprint density at radius 1 is 1.08 bits per heavy atom. The molecule has 0 aliphatic rings. The third-order valence-corrected chi connectivity index (χ3v) is 4.46. The van der Waals surface area contributed by atoms with Gasteiger partial charge in [-0.25, -0.2) is 0 Å². The second-order valence-electron chi connectivity index (χ2n) is 5.73. The van der Waals surface area contributed by atoms with Crippen LogP contribution in [0.3, 0.4) is 0 Å². The van der Waals surface area contributed by atoms with E-state index in [1.807, 2.05) is 17.5 Å². The van der Waals surface area contributed by atoms with E-state index < -0.39 is 5.91 Å². The number of amides is 2. The maximum Gasteiger partial charge on any atom is 0.269 e. The molecule has 0 saturated carbocycles. The van der Waals surface area contributed by atoms with E-state index in [0.717, 1.165) is 23.5 Å². The Balaban J connectivity index is 1.72. The number of hydrogen-bond donors (Lipinski definition) is 2. The molecule has 0 fully saturated rings. The highest BCUT2D eigenvalue weighted by Gasteiger charge is 2.06. The number of carbonyl (C=O) groups excluding carboxylic acids is 2. The van der Waals surface area contributed by atoms with E-state index in [0.29, 0.717) is 12.2 Å². The van der Waals surface area contributed by atoms with Crippen molar-refractivity contribution in [1.82, 2.24) is 10.9 Å². The SMILES string of the molecule is CCCCCCOc1ccc(C(=O)NNC(=O)C=Cc2cccs2)cc1. The number of carbonyl (C=O) groups is 2. The first-order valence-electron chi connectivity index (χ1n) is 8.74. The Morgan fingerprint density at radius 3 is 2.58 bits per heavy atom. The van der Waals surface area contributed by atoms with Crippen molar-refractivity contribution in [2.24, 2.45) is 0 Å². The van der Waals surface area contributed by atoms with Crippen molar-refractivity contribution in [3.05, 3.63) is 58.3 Å². The normalized spacial score (nSPS) is 10.7. The molecule has 2 N–H and O–H groups in total. The van der Waals surface area contributed by atoms with Crippen LogP contribution < -0.4 is 15.6 Å². The monoisotopic (exact) mass is 372 g/mol. The summed E-state index contributed by atoms with van der Waals surface area (Å²) in [5.74, 6) is -0.0304. The Kier molecular flexibility index (Phi) is 8.42. The van der Waals surface area contributed by atoms with Gasteiger partial charge in [0.05, 0.1) is 6.61 Å². The van der Waals surface area contributed by atoms with Crippen molar-refractivity contribution >= 4 is 29.2 Å². The molecule has 2 rings (SSSR count). The second kappa shape index (κ2) is 11.1. The van der Waals surface area contributed by atoms with Gasteiger partial charge in [0, 0.05) is 16.5 Å². The lowest BCUT2D eigenvalue weighted by molar-refractivity contribution is -0.117. The number of benzene rings is 1. The molecule has 2 aromatic rings. The van der Waals surface area contributed by atoms with Crippen LogP contribution in [0.1, 0.15) is 47.8 Å². The number of nitrogens with one attached hydrogen (secondary N) is 2. The van der Waals surface area contributed by atoms with Gasteiger partial charge in [-0.2, -0.15) is 0 Å². The highest BCUT2D eigenvalue weighted by atomic mass is 32.1. The molecule has 26 heavy (non-hydrogen) atoms. The molecule has 0 saturated heterocycles. The van der Waals surface area contributed by atoms with Crippen molar-refractivity contribution in [1.29, 1.82) is 0 Å². The number of unbranched alkanes of at least 4 members (excludes halogenated alkanes) is 3. The smallest absolute Gasteiger partial charge is 0.269 e. The molecule has 2 amide bonds. The average Bonchev–Trinajstić information content (AvgIpc) is 3.18. The van der Waals surface area contributed by atoms with Gasteiger partial charge in [0.15, 0.2) is 0 Å². The van der Waals surface area contributed by atoms with Crippen LogP contribution in [-0.2, 0) is 4.79 Å². The zero-order valence-corrected chi connectivity index (χ0v) is 15.7. The number of hydrazine groups is 1. The van der Waals surface area contributed by atoms with Crippen molar-refractivity contribution in [3.8, 4) is 5.75 Å². The summed E-state index contributed by atoms with van der Waals surface area (Å²) in [4.78, 5) is 24.7. The van der Waals surface area contributed by atoms with Gasteiger partial charge in [-0.15, -0.1) is 11.3 Å². The van der Waals surface area contributed by atoms with E-state index in [9.17, 15) is 9.59 Å². The van der Waals surface area contributed by atoms with E-state index in [2.05, 4.69) is 17.8 Å². The molecule has 5 nitrogen and oxygen atoms in total. The Labute approximate surface area is 158 Å². The predicted octanol–water partition coefficient (Wildman–Crippen LogP) is 4.18. The standard InChI is InChI=1S/C20H24N2O3S/c1-2-3-4-5-14-25-17-10-8-16(9-11-17)20(24)22-21-19(23)13-12-18-7-6-15-26-18/h6-13,15H,2-5,14H2,1H3,(H,21,23)(H,22,24). The largest absolute Gasteiger partial charge is 0.494 e. The number of thiophene rings is 1. The zero-order chi connectivity index (χ0) is 18.6. The molecule has 0 radical (unpaired) electrons. The van der Waals surface area contributed by atoms with Gasteiger partial charge in [0.2, 0.25) is 0 Å². The molecule has 1 aromatic heterocycles. The first-order chi connectivity index (χ1) is 12.7. The molecule has 0 unspecified atom stereocenters. The highest BCUT2D eigenvalue weighted by Crippen LogP contribution is 2.13. The lowest BCUT2D eigenvalue weighted by Crippen LogP contribution is -2.40. The van der Waals surface area contributed by atoms with Gasteiger partial charge >= 0.3 is 0 Å². The van der Waals surface area contributed by atoms with Gasteiger partial charge in [0.1, 0.15) is 5.75 Å². The predicted molar refractivity (Wildman–Crippen MR) is 105 cm³/mol. The third-order valence-electron chi connectivity index (χ3n) is 3.62. The summed E-state index contributed by atoms with van der Waals surface area (Å²) in [6.07, 6.45) is 7.68. The molecule has 1 heterocycles. The summed E-state index contributed by atoms with van der Waals surface area (Å²) in [6, 6.07) is 10.7. The van der Waals surface area contributed by atoms with Gasteiger partial charge in [-0.05, 0) is 48.2 Å². The van der Waals surface area contributed by atoms with Crippen LogP contribution in [0.15, 0.2) is 47.9 Å². The van der Waals surface area contributed by atoms with Crippen LogP contribution in [0.5, 0.6) is 5.75 Å². The number of ether oxygens (including phenoxy) is 1. The van der Waals surface area contributed by atoms with Crippen LogP contribution in [0.25, 0.3) is 6.08 Å². The van der Waals surface area contributed by atoms with Crippen LogP contribution in [0, 0.1) is 0 Å². The molecule has 0 aliphatic heterocycles. The first-order valence-corrected chi connectivity index (χ1v) is 9.62. The molecule has 1 aromatic carbocycles. The Hall–Kier alpha value is -2.60. The lowest BCUT2D eigenvalue weighted by Gasteiger charge is -2.08. The van der Waals surface area contributed by atoms with Crippen molar-refractivity contribution < 1.29 is 14.3 Å². The van der Waals surface area contributed by atoms with Crippen molar-refractivity contribution in [2.45, 2.75) is 32.6 Å². The van der Waals surface area contributed by atoms with Crippen LogP contribution >= 0.6 is 11.3 Å². The summed E-state index contributed by atoms with van der Waals surface area (Å²) in [6.45, 7) is 2.85. The molecule has 0 bridgehead atoms. The highest BCUT2D eigenvalue weighted by molar-refractivity contribution is 7.10. The summed E-state index contributed by atoms with van der Waals surface area (Å²) >= 11 is 1.53. The third kappa shape index (κ3) is 7.11. The molecule has 138 valence electrons. The second-order valence-corrected chi connectivity index (χ2v) is 6.70. The lowest BCUT2D eigenvalue weighted by atomic mass is 10.2. The minimum Gasteiger partial charge on any atom is -0.494 e. The number of hydrogen-bond acceptors (Lipinski definition) is 4. The number of rotatable bonds is 9. The maximum absolute atomic E-state index is 12.0. The summed E-state index contributed by atoms with van der Waals surface area (Å²) in [5.41, 5.74) is 5.20. The van der Waals surface area contributed by atoms with E-state index in [1.54, 1.807) is 30.3 Å². The molecule has 0 atom stereocenters. The Morgan fingerprint density at radius 2 is 1.88 bits per heavy atom. The molecular weight excluding hydrogens is 348 g/mol. The van der Waals surface area contributed by atoms with E-state index >= 15 is 0 Å². The van der Waals surface area contributed by atoms with Gasteiger partial charge in [0.25, 0.3) is 11.8 Å². The van der Waals surface area contributed by atoms with E-state index in [4.69, 9.17) is 4.74 Å². The minimum absolute atomic E-state index is 0.377. The van der Waals surface area contributed by atoms with Crippen LogP contribution in [0.2, 0.25) is 0 Å². The molecule has 6 heteroatoms. The topological polar surface area (TPSA) is 67.4 Å². The van der Waals surface area contributed by atoms with E-state index in [-0.39, 0.29) is 5.91 Å². The quantitative estimate of drug-likeness (QED) is 0.394. The van der Waals surface area contributed by atoms with E-state index in [1.165, 1.54) is 30.3 Å². The van der Waals surface area contributed by atoms with Gasteiger partial charge < -0.3 is 4.74 Å². The summed E-state index contributed by atoms with van der Waals surface area (Å²) in [7, 11) is 0. The molecule has 0 aliphatic carbocycles. The zero-order valence-electron chi connectivity index (χ0n) is 14.9. The summed E-state index contributed by atoms with van der Waals surface area (Å²) in [5, 5.41) is 1.93. The first kappa shape index (κ1) is 19.7. The fraction of sp³-hybridized carbons (Fsp3) is 0.300. The Bertz CT molecular complexity index is 709. The van der Waals surface area contributed by atoms with Crippen LogP contribution in [-0.4, -0.2) is 18.4 Å².